The molecule has 150 valence electrons. The Bertz CT molecular complexity index is 1070. The van der Waals surface area contributed by atoms with Crippen LogP contribution in [0.15, 0.2) is 35.9 Å². The number of carbonyl (C=O) groups is 2. The minimum Gasteiger partial charge on any atom is -0.351 e. The van der Waals surface area contributed by atoms with Crippen LogP contribution in [0.3, 0.4) is 0 Å². The summed E-state index contributed by atoms with van der Waals surface area (Å²) in [5.74, 6) is 0.0949. The summed E-state index contributed by atoms with van der Waals surface area (Å²) in [5, 5.41) is 9.72. The molecule has 8 heteroatoms. The predicted molar refractivity (Wildman–Crippen MR) is 114 cm³/mol. The number of rotatable bonds is 5. The lowest BCUT2D eigenvalue weighted by Gasteiger charge is -2.27. The molecular formula is C21H23N5O2S. The van der Waals surface area contributed by atoms with Crippen molar-refractivity contribution in [2.45, 2.75) is 19.3 Å². The van der Waals surface area contributed by atoms with Crippen LogP contribution in [-0.2, 0) is 11.2 Å². The number of H-pyrrole nitrogens is 1. The van der Waals surface area contributed by atoms with E-state index in [-0.39, 0.29) is 11.8 Å². The molecular weight excluding hydrogens is 386 g/mol. The number of hydrogen-bond acceptors (Lipinski definition) is 5. The Labute approximate surface area is 173 Å². The van der Waals surface area contributed by atoms with E-state index in [1.807, 2.05) is 17.0 Å². The van der Waals surface area contributed by atoms with Crippen LogP contribution >= 0.6 is 11.3 Å². The maximum Gasteiger partial charge on any atom is 0.269 e. The van der Waals surface area contributed by atoms with Gasteiger partial charge in [0.2, 0.25) is 5.91 Å². The van der Waals surface area contributed by atoms with Gasteiger partial charge in [-0.3, -0.25) is 9.59 Å². The maximum absolute atomic E-state index is 12.6. The Morgan fingerprint density at radius 3 is 2.90 bits per heavy atom. The van der Waals surface area contributed by atoms with Gasteiger partial charge in [-0.1, -0.05) is 18.2 Å². The first kappa shape index (κ1) is 19.3. The number of amides is 2. The van der Waals surface area contributed by atoms with Gasteiger partial charge in [0.15, 0.2) is 0 Å². The molecule has 1 aliphatic rings. The smallest absolute Gasteiger partial charge is 0.269 e. The molecule has 7 nitrogen and oxygen atoms in total. The fraction of sp³-hybridized carbons (Fsp3) is 0.333. The zero-order valence-corrected chi connectivity index (χ0v) is 17.3. The molecule has 3 aromatic rings. The van der Waals surface area contributed by atoms with Crippen LogP contribution in [-0.4, -0.2) is 64.0 Å². The number of aryl methyl sites for hydroxylation is 1. The number of nitrogens with one attached hydrogen (secondary N) is 1. The van der Waals surface area contributed by atoms with E-state index in [4.69, 9.17) is 0 Å². The molecule has 29 heavy (non-hydrogen) atoms. The van der Waals surface area contributed by atoms with Crippen molar-refractivity contribution in [1.82, 2.24) is 25.0 Å². The Morgan fingerprint density at radius 2 is 2.14 bits per heavy atom. The van der Waals surface area contributed by atoms with E-state index in [0.29, 0.717) is 25.1 Å². The van der Waals surface area contributed by atoms with Crippen molar-refractivity contribution in [3.8, 4) is 0 Å². The van der Waals surface area contributed by atoms with Crippen LogP contribution in [0, 0.1) is 0 Å². The normalized spacial score (nSPS) is 14.1. The van der Waals surface area contributed by atoms with Gasteiger partial charge < -0.3 is 14.8 Å². The Balaban J connectivity index is 1.47. The van der Waals surface area contributed by atoms with Gasteiger partial charge in [0, 0.05) is 50.9 Å². The Kier molecular flexibility index (Phi) is 5.44. The van der Waals surface area contributed by atoms with Gasteiger partial charge >= 0.3 is 0 Å². The van der Waals surface area contributed by atoms with Crippen molar-refractivity contribution < 1.29 is 9.59 Å². The zero-order chi connectivity index (χ0) is 20.4. The second-order valence-corrected chi connectivity index (χ2v) is 8.27. The number of benzene rings is 1. The molecule has 0 atom stereocenters. The molecule has 1 aromatic carbocycles. The van der Waals surface area contributed by atoms with Gasteiger partial charge in [-0.05, 0) is 29.7 Å². The number of aromatic nitrogens is 3. The molecule has 3 heterocycles. The number of carbonyl (C=O) groups excluding carboxylic acids is 2. The van der Waals surface area contributed by atoms with Gasteiger partial charge in [0.05, 0.1) is 0 Å². The highest BCUT2D eigenvalue weighted by Crippen LogP contribution is 2.26. The first-order chi connectivity index (χ1) is 14.0. The highest BCUT2D eigenvalue weighted by molar-refractivity contribution is 7.09. The van der Waals surface area contributed by atoms with Crippen LogP contribution in [0.2, 0.25) is 0 Å². The van der Waals surface area contributed by atoms with Crippen LogP contribution in [0.4, 0.5) is 0 Å². The van der Waals surface area contributed by atoms with Gasteiger partial charge in [0.25, 0.3) is 5.91 Å². The second-order valence-electron chi connectivity index (χ2n) is 7.35. The molecule has 0 saturated carbocycles. The topological polar surface area (TPSA) is 82.2 Å². The third-order valence-corrected chi connectivity index (χ3v) is 5.85. The molecule has 0 fully saturated rings. The fourth-order valence-corrected chi connectivity index (χ4v) is 4.06. The number of aromatic amines is 1. The number of hydrogen-bond donors (Lipinski definition) is 1. The first-order valence-electron chi connectivity index (χ1n) is 9.58. The number of fused-ring (bicyclic) bond motifs is 1. The highest BCUT2D eigenvalue weighted by Gasteiger charge is 2.20. The quantitative estimate of drug-likeness (QED) is 0.702. The van der Waals surface area contributed by atoms with E-state index in [9.17, 15) is 9.59 Å². The van der Waals surface area contributed by atoms with Crippen LogP contribution in [0.25, 0.3) is 16.5 Å². The summed E-state index contributed by atoms with van der Waals surface area (Å²) in [5.41, 5.74) is 5.40. The van der Waals surface area contributed by atoms with Crippen molar-refractivity contribution in [2.75, 3.05) is 27.2 Å². The van der Waals surface area contributed by atoms with E-state index >= 15 is 0 Å². The lowest BCUT2D eigenvalue weighted by atomic mass is 10.00. The molecule has 0 aliphatic carbocycles. The maximum atomic E-state index is 12.6. The van der Waals surface area contributed by atoms with Crippen molar-refractivity contribution in [3.05, 3.63) is 52.1 Å². The highest BCUT2D eigenvalue weighted by atomic mass is 32.1. The van der Waals surface area contributed by atoms with Crippen molar-refractivity contribution in [3.63, 3.8) is 0 Å². The average molecular weight is 410 g/mol. The Hall–Kier alpha value is -3.00. The monoisotopic (exact) mass is 409 g/mol. The molecule has 0 unspecified atom stereocenters. The predicted octanol–water partition coefficient (Wildman–Crippen LogP) is 2.97. The molecule has 0 spiro atoms. The molecule has 0 bridgehead atoms. The first-order valence-corrected chi connectivity index (χ1v) is 10.5. The Morgan fingerprint density at radius 1 is 1.28 bits per heavy atom. The molecule has 1 aliphatic heterocycles. The SMILES string of the molecule is CN(C)C(=O)c1cc2ccc(C3=CCCN(C(=O)CCc4nncs4)C3)cc2[nH]1. The minimum absolute atomic E-state index is 0.0492. The molecule has 2 aromatic heterocycles. The molecule has 0 saturated heterocycles. The van der Waals surface area contributed by atoms with Gasteiger partial charge in [-0.25, -0.2) is 0 Å². The van der Waals surface area contributed by atoms with Crippen molar-refractivity contribution >= 4 is 39.6 Å². The van der Waals surface area contributed by atoms with Gasteiger partial charge in [-0.2, -0.15) is 0 Å². The standard InChI is InChI=1S/C21H23N5O2S/c1-25(2)21(28)18-11-15-6-5-14(10-17(15)23-18)16-4-3-9-26(12-16)20(27)8-7-19-24-22-13-29-19/h4-6,10-11,13,23H,3,7-9,12H2,1-2H3. The third-order valence-electron chi connectivity index (χ3n) is 5.09. The van der Waals surface area contributed by atoms with Gasteiger partial charge in [0.1, 0.15) is 16.2 Å². The summed E-state index contributed by atoms with van der Waals surface area (Å²) in [6.45, 7) is 1.34. The van der Waals surface area contributed by atoms with Crippen molar-refractivity contribution in [1.29, 1.82) is 0 Å². The summed E-state index contributed by atoms with van der Waals surface area (Å²) >= 11 is 1.48. The summed E-state index contributed by atoms with van der Waals surface area (Å²) in [7, 11) is 3.48. The lowest BCUT2D eigenvalue weighted by Crippen LogP contribution is -2.35. The summed E-state index contributed by atoms with van der Waals surface area (Å²) in [6.07, 6.45) is 4.13. The largest absolute Gasteiger partial charge is 0.351 e. The number of nitrogens with zero attached hydrogens (tertiary/aromatic N) is 4. The van der Waals surface area contributed by atoms with Crippen molar-refractivity contribution in [2.24, 2.45) is 0 Å². The molecule has 4 rings (SSSR count). The lowest BCUT2D eigenvalue weighted by molar-refractivity contribution is -0.130. The fourth-order valence-electron chi connectivity index (χ4n) is 3.53. The van der Waals surface area contributed by atoms with E-state index in [1.54, 1.807) is 24.5 Å². The van der Waals surface area contributed by atoms with Gasteiger partial charge in [-0.15, -0.1) is 21.5 Å². The van der Waals surface area contributed by atoms with E-state index < -0.39 is 0 Å². The minimum atomic E-state index is -0.0492. The van der Waals surface area contributed by atoms with E-state index in [0.717, 1.165) is 40.0 Å². The van der Waals surface area contributed by atoms with E-state index in [1.165, 1.54) is 11.3 Å². The third kappa shape index (κ3) is 4.22. The van der Waals surface area contributed by atoms with Crippen LogP contribution in [0.1, 0.15) is 33.9 Å². The van der Waals surface area contributed by atoms with E-state index in [2.05, 4.69) is 33.4 Å². The molecule has 2 amide bonds. The summed E-state index contributed by atoms with van der Waals surface area (Å²) in [6, 6.07) is 8.01. The zero-order valence-electron chi connectivity index (χ0n) is 16.5. The molecule has 0 radical (unpaired) electrons. The van der Waals surface area contributed by atoms with Crippen LogP contribution in [0.5, 0.6) is 0 Å². The second kappa shape index (κ2) is 8.16. The summed E-state index contributed by atoms with van der Waals surface area (Å²) in [4.78, 5) is 31.5. The summed E-state index contributed by atoms with van der Waals surface area (Å²) < 4.78 is 0. The molecule has 1 N–H and O–H groups in total. The average Bonchev–Trinajstić information content (AvgIpc) is 3.40. The van der Waals surface area contributed by atoms with Crippen LogP contribution < -0.4 is 0 Å².